The Bertz CT molecular complexity index is 503. The first-order valence-electron chi connectivity index (χ1n) is 7.97. The molecule has 0 spiro atoms. The van der Waals surface area contributed by atoms with E-state index >= 15 is 0 Å². The van der Waals surface area contributed by atoms with Gasteiger partial charge in [-0.2, -0.15) is 0 Å². The third-order valence-corrected chi connectivity index (χ3v) is 5.45. The van der Waals surface area contributed by atoms with Crippen molar-refractivity contribution in [3.8, 4) is 11.5 Å². The smallest absolute Gasteiger partial charge is 0.175 e. The van der Waals surface area contributed by atoms with Gasteiger partial charge < -0.3 is 14.6 Å². The Balaban J connectivity index is 1.87. The molecule has 116 valence electrons. The number of aliphatic hydroxyl groups is 1. The van der Waals surface area contributed by atoms with E-state index in [2.05, 4.69) is 22.9 Å². The molecular formula is C17H23BrO3. The lowest BCUT2D eigenvalue weighted by Gasteiger charge is -2.35. The van der Waals surface area contributed by atoms with Crippen LogP contribution in [0.5, 0.6) is 11.5 Å². The van der Waals surface area contributed by atoms with Crippen LogP contribution in [0.25, 0.3) is 0 Å². The molecule has 3 rings (SSSR count). The van der Waals surface area contributed by atoms with Crippen molar-refractivity contribution in [2.45, 2.75) is 45.1 Å². The number of rotatable bonds is 3. The average molecular weight is 355 g/mol. The molecule has 1 aromatic rings. The molecule has 1 aliphatic carbocycles. The molecule has 3 unspecified atom stereocenters. The lowest BCUT2D eigenvalue weighted by molar-refractivity contribution is 0.0447. The number of aliphatic hydroxyl groups excluding tert-OH is 1. The summed E-state index contributed by atoms with van der Waals surface area (Å²) in [4.78, 5) is 0. The molecule has 1 aliphatic heterocycles. The maximum Gasteiger partial charge on any atom is 0.175 e. The number of fused-ring (bicyclic) bond motifs is 1. The zero-order valence-corrected chi connectivity index (χ0v) is 14.1. The van der Waals surface area contributed by atoms with Crippen molar-refractivity contribution in [2.75, 3.05) is 13.2 Å². The molecule has 0 aromatic heterocycles. The van der Waals surface area contributed by atoms with E-state index in [4.69, 9.17) is 9.47 Å². The van der Waals surface area contributed by atoms with Gasteiger partial charge >= 0.3 is 0 Å². The number of hydrogen-bond donors (Lipinski definition) is 1. The van der Waals surface area contributed by atoms with Crippen LogP contribution in [-0.2, 0) is 0 Å². The van der Waals surface area contributed by atoms with Crippen molar-refractivity contribution in [2.24, 2.45) is 11.8 Å². The fourth-order valence-electron chi connectivity index (χ4n) is 3.71. The van der Waals surface area contributed by atoms with E-state index in [0.717, 1.165) is 34.4 Å². The third-order valence-electron chi connectivity index (χ3n) is 4.86. The maximum absolute atomic E-state index is 10.9. The van der Waals surface area contributed by atoms with E-state index in [-0.39, 0.29) is 0 Å². The lowest BCUT2D eigenvalue weighted by Crippen LogP contribution is -2.25. The Labute approximate surface area is 134 Å². The maximum atomic E-state index is 10.9. The largest absolute Gasteiger partial charge is 0.486 e. The second-order valence-electron chi connectivity index (χ2n) is 6.09. The molecule has 0 radical (unpaired) electrons. The van der Waals surface area contributed by atoms with Crippen molar-refractivity contribution < 1.29 is 14.6 Å². The van der Waals surface area contributed by atoms with Crippen LogP contribution in [0.15, 0.2) is 16.6 Å². The Kier molecular flexibility index (Phi) is 4.75. The summed E-state index contributed by atoms with van der Waals surface area (Å²) in [5.41, 5.74) is 0.941. The molecule has 21 heavy (non-hydrogen) atoms. The number of halogens is 1. The number of hydrogen-bond acceptors (Lipinski definition) is 3. The standard InChI is InChI=1S/C17H23BrO3/c1-2-11-5-3-4-6-13(11)16(19)12-9-14(18)17-15(10-12)20-7-8-21-17/h9-11,13,16,19H,2-8H2,1H3. The molecule has 3 nitrogen and oxygen atoms in total. The monoisotopic (exact) mass is 354 g/mol. The minimum Gasteiger partial charge on any atom is -0.486 e. The summed E-state index contributed by atoms with van der Waals surface area (Å²) in [6.45, 7) is 3.38. The van der Waals surface area contributed by atoms with Gasteiger partial charge in [0.2, 0.25) is 0 Å². The van der Waals surface area contributed by atoms with Gasteiger partial charge in [0.15, 0.2) is 11.5 Å². The summed E-state index contributed by atoms with van der Waals surface area (Å²) in [6, 6.07) is 3.94. The zero-order valence-electron chi connectivity index (χ0n) is 12.5. The molecule has 1 saturated carbocycles. The zero-order chi connectivity index (χ0) is 14.8. The van der Waals surface area contributed by atoms with Crippen molar-refractivity contribution >= 4 is 15.9 Å². The van der Waals surface area contributed by atoms with Crippen LogP contribution in [0, 0.1) is 11.8 Å². The minimum absolute atomic E-state index is 0.359. The second kappa shape index (κ2) is 6.57. The van der Waals surface area contributed by atoms with Crippen molar-refractivity contribution in [3.63, 3.8) is 0 Å². The molecule has 0 saturated heterocycles. The Morgan fingerprint density at radius 1 is 1.24 bits per heavy atom. The highest BCUT2D eigenvalue weighted by Crippen LogP contribution is 2.44. The molecular weight excluding hydrogens is 332 g/mol. The first-order chi connectivity index (χ1) is 10.2. The first kappa shape index (κ1) is 15.2. The van der Waals surface area contributed by atoms with Gasteiger partial charge in [0.1, 0.15) is 13.2 Å². The summed E-state index contributed by atoms with van der Waals surface area (Å²) >= 11 is 3.54. The van der Waals surface area contributed by atoms with Crippen LogP contribution in [0.3, 0.4) is 0 Å². The summed E-state index contributed by atoms with van der Waals surface area (Å²) < 4.78 is 12.2. The topological polar surface area (TPSA) is 38.7 Å². The quantitative estimate of drug-likeness (QED) is 0.870. The van der Waals surface area contributed by atoms with Crippen molar-refractivity contribution in [3.05, 3.63) is 22.2 Å². The summed E-state index contributed by atoms with van der Waals surface area (Å²) in [5.74, 6) is 2.49. The predicted molar refractivity (Wildman–Crippen MR) is 85.8 cm³/mol. The van der Waals surface area contributed by atoms with Crippen LogP contribution in [-0.4, -0.2) is 18.3 Å². The fourth-order valence-corrected chi connectivity index (χ4v) is 4.28. The van der Waals surface area contributed by atoms with Gasteiger partial charge in [-0.3, -0.25) is 0 Å². The molecule has 0 bridgehead atoms. The highest BCUT2D eigenvalue weighted by molar-refractivity contribution is 9.10. The summed E-state index contributed by atoms with van der Waals surface area (Å²) in [7, 11) is 0. The molecule has 1 N–H and O–H groups in total. The number of benzene rings is 1. The average Bonchev–Trinajstić information content (AvgIpc) is 2.54. The SMILES string of the molecule is CCC1CCCCC1C(O)c1cc(Br)c2c(c1)OCCO2. The van der Waals surface area contributed by atoms with Gasteiger partial charge in [-0.15, -0.1) is 0 Å². The predicted octanol–water partition coefficient (Wildman–Crippen LogP) is 4.47. The van der Waals surface area contributed by atoms with Crippen LogP contribution in [0.1, 0.15) is 50.7 Å². The third kappa shape index (κ3) is 3.07. The van der Waals surface area contributed by atoms with Crippen molar-refractivity contribution in [1.82, 2.24) is 0 Å². The highest BCUT2D eigenvalue weighted by Gasteiger charge is 2.31. The van der Waals surface area contributed by atoms with Crippen LogP contribution in [0.2, 0.25) is 0 Å². The van der Waals surface area contributed by atoms with E-state index in [1.54, 1.807) is 0 Å². The van der Waals surface area contributed by atoms with Gasteiger partial charge in [0.05, 0.1) is 10.6 Å². The van der Waals surface area contributed by atoms with Gasteiger partial charge in [-0.25, -0.2) is 0 Å². The Morgan fingerprint density at radius 3 is 2.81 bits per heavy atom. The Hall–Kier alpha value is -0.740. The first-order valence-corrected chi connectivity index (χ1v) is 8.77. The van der Waals surface area contributed by atoms with E-state index in [0.29, 0.717) is 25.0 Å². The van der Waals surface area contributed by atoms with Crippen LogP contribution >= 0.6 is 15.9 Å². The van der Waals surface area contributed by atoms with E-state index in [1.165, 1.54) is 19.3 Å². The molecule has 1 heterocycles. The second-order valence-corrected chi connectivity index (χ2v) is 6.94. The van der Waals surface area contributed by atoms with Crippen LogP contribution < -0.4 is 9.47 Å². The molecule has 4 heteroatoms. The lowest BCUT2D eigenvalue weighted by atomic mass is 9.73. The highest BCUT2D eigenvalue weighted by atomic mass is 79.9. The van der Waals surface area contributed by atoms with Crippen molar-refractivity contribution in [1.29, 1.82) is 0 Å². The summed E-state index contributed by atoms with van der Waals surface area (Å²) in [5, 5.41) is 10.9. The van der Waals surface area contributed by atoms with Gasteiger partial charge in [-0.1, -0.05) is 32.6 Å². The molecule has 1 fully saturated rings. The summed E-state index contributed by atoms with van der Waals surface area (Å²) in [6.07, 6.45) is 5.61. The normalized spacial score (nSPS) is 26.4. The number of ether oxygens (including phenoxy) is 2. The Morgan fingerprint density at radius 2 is 2.00 bits per heavy atom. The molecule has 2 aliphatic rings. The van der Waals surface area contributed by atoms with Gasteiger partial charge in [0.25, 0.3) is 0 Å². The van der Waals surface area contributed by atoms with E-state index < -0.39 is 6.10 Å². The van der Waals surface area contributed by atoms with E-state index in [9.17, 15) is 5.11 Å². The molecule has 3 atom stereocenters. The van der Waals surface area contributed by atoms with E-state index in [1.807, 2.05) is 12.1 Å². The van der Waals surface area contributed by atoms with Gasteiger partial charge in [-0.05, 0) is 51.9 Å². The molecule has 1 aromatic carbocycles. The minimum atomic E-state index is -0.414. The molecule has 0 amide bonds. The van der Waals surface area contributed by atoms with Crippen LogP contribution in [0.4, 0.5) is 0 Å². The van der Waals surface area contributed by atoms with Gasteiger partial charge in [0, 0.05) is 0 Å². The fraction of sp³-hybridized carbons (Fsp3) is 0.647.